The Balaban J connectivity index is 2.13. The SMILES string of the molecule is CCCCOCCOCCC(=O)Nc1cc(N)ccc1C. The van der Waals surface area contributed by atoms with Gasteiger partial charge in [0.25, 0.3) is 0 Å². The first kappa shape index (κ1) is 17.5. The molecule has 0 aliphatic heterocycles. The Morgan fingerprint density at radius 2 is 1.90 bits per heavy atom. The minimum absolute atomic E-state index is 0.0735. The first-order chi connectivity index (χ1) is 10.1. The molecule has 1 aromatic rings. The number of anilines is 2. The Kier molecular flexibility index (Phi) is 8.47. The summed E-state index contributed by atoms with van der Waals surface area (Å²) in [5.74, 6) is -0.0735. The molecule has 118 valence electrons. The molecular weight excluding hydrogens is 268 g/mol. The lowest BCUT2D eigenvalue weighted by molar-refractivity contribution is -0.117. The smallest absolute Gasteiger partial charge is 0.226 e. The molecule has 0 fully saturated rings. The van der Waals surface area contributed by atoms with Gasteiger partial charge < -0.3 is 20.5 Å². The second-order valence-electron chi connectivity index (χ2n) is 4.95. The van der Waals surface area contributed by atoms with Crippen LogP contribution >= 0.6 is 0 Å². The number of hydrogen-bond donors (Lipinski definition) is 2. The lowest BCUT2D eigenvalue weighted by atomic mass is 10.2. The maximum absolute atomic E-state index is 11.8. The van der Waals surface area contributed by atoms with E-state index in [1.165, 1.54) is 0 Å². The Morgan fingerprint density at radius 1 is 1.19 bits per heavy atom. The Morgan fingerprint density at radius 3 is 2.62 bits per heavy atom. The van der Waals surface area contributed by atoms with E-state index in [4.69, 9.17) is 15.2 Å². The molecule has 0 atom stereocenters. The number of nitrogens with one attached hydrogen (secondary N) is 1. The van der Waals surface area contributed by atoms with Crippen LogP contribution in [0.2, 0.25) is 0 Å². The second-order valence-corrected chi connectivity index (χ2v) is 4.95. The third-order valence-electron chi connectivity index (χ3n) is 3.02. The van der Waals surface area contributed by atoms with E-state index in [1.54, 1.807) is 6.07 Å². The largest absolute Gasteiger partial charge is 0.399 e. The molecule has 5 heteroatoms. The van der Waals surface area contributed by atoms with Crippen LogP contribution in [0, 0.1) is 6.92 Å². The predicted molar refractivity (Wildman–Crippen MR) is 85.4 cm³/mol. The van der Waals surface area contributed by atoms with Crippen molar-refractivity contribution < 1.29 is 14.3 Å². The van der Waals surface area contributed by atoms with Gasteiger partial charge in [-0.2, -0.15) is 0 Å². The van der Waals surface area contributed by atoms with Gasteiger partial charge >= 0.3 is 0 Å². The third kappa shape index (κ3) is 7.68. The van der Waals surface area contributed by atoms with Gasteiger partial charge in [-0.05, 0) is 31.0 Å². The standard InChI is InChI=1S/C16H26N2O3/c1-3-4-8-20-10-11-21-9-7-16(19)18-15-12-14(17)6-5-13(15)2/h5-6,12H,3-4,7-11,17H2,1-2H3,(H,18,19). The van der Waals surface area contributed by atoms with E-state index in [9.17, 15) is 4.79 Å². The second kappa shape index (κ2) is 10.2. The van der Waals surface area contributed by atoms with Crippen molar-refractivity contribution in [1.82, 2.24) is 0 Å². The molecule has 0 heterocycles. The zero-order valence-electron chi connectivity index (χ0n) is 13.0. The molecule has 0 aliphatic rings. The van der Waals surface area contributed by atoms with Gasteiger partial charge in [0.1, 0.15) is 0 Å². The van der Waals surface area contributed by atoms with Crippen molar-refractivity contribution in [3.63, 3.8) is 0 Å². The number of carbonyl (C=O) groups excluding carboxylic acids is 1. The van der Waals surface area contributed by atoms with Crippen LogP contribution in [0.5, 0.6) is 0 Å². The number of nitrogen functional groups attached to an aromatic ring is 1. The van der Waals surface area contributed by atoms with Crippen molar-refractivity contribution in [2.45, 2.75) is 33.1 Å². The van der Waals surface area contributed by atoms with Gasteiger partial charge in [-0.15, -0.1) is 0 Å². The number of rotatable bonds is 10. The van der Waals surface area contributed by atoms with Crippen LogP contribution in [0.1, 0.15) is 31.7 Å². The molecule has 5 nitrogen and oxygen atoms in total. The van der Waals surface area contributed by atoms with Crippen LogP contribution in [0.4, 0.5) is 11.4 Å². The van der Waals surface area contributed by atoms with E-state index in [-0.39, 0.29) is 5.91 Å². The fraction of sp³-hybridized carbons (Fsp3) is 0.562. The zero-order chi connectivity index (χ0) is 15.5. The topological polar surface area (TPSA) is 73.6 Å². The van der Waals surface area contributed by atoms with Gasteiger partial charge in [-0.1, -0.05) is 19.4 Å². The number of unbranched alkanes of at least 4 members (excludes halogenated alkanes) is 1. The number of amides is 1. The normalized spacial score (nSPS) is 10.6. The molecule has 0 aromatic heterocycles. The summed E-state index contributed by atoms with van der Waals surface area (Å²) in [6, 6.07) is 5.46. The molecule has 0 unspecified atom stereocenters. The number of carbonyl (C=O) groups is 1. The highest BCUT2D eigenvalue weighted by Crippen LogP contribution is 2.18. The molecule has 0 saturated heterocycles. The Labute approximate surface area is 126 Å². The number of ether oxygens (including phenoxy) is 2. The van der Waals surface area contributed by atoms with Crippen molar-refractivity contribution >= 4 is 17.3 Å². The molecule has 1 aromatic carbocycles. The van der Waals surface area contributed by atoms with Gasteiger partial charge in [0.15, 0.2) is 0 Å². The molecule has 0 radical (unpaired) electrons. The van der Waals surface area contributed by atoms with E-state index >= 15 is 0 Å². The molecule has 1 amide bonds. The summed E-state index contributed by atoms with van der Waals surface area (Å²) >= 11 is 0. The number of nitrogens with two attached hydrogens (primary N) is 1. The van der Waals surface area contributed by atoms with Crippen LogP contribution in [0.3, 0.4) is 0 Å². The van der Waals surface area contributed by atoms with E-state index in [1.807, 2.05) is 19.1 Å². The van der Waals surface area contributed by atoms with Crippen molar-refractivity contribution in [3.05, 3.63) is 23.8 Å². The van der Waals surface area contributed by atoms with Gasteiger partial charge in [-0.25, -0.2) is 0 Å². The molecule has 1 rings (SSSR count). The minimum atomic E-state index is -0.0735. The summed E-state index contributed by atoms with van der Waals surface area (Å²) in [7, 11) is 0. The summed E-state index contributed by atoms with van der Waals surface area (Å²) < 4.78 is 10.7. The summed E-state index contributed by atoms with van der Waals surface area (Å²) in [6.45, 7) is 6.32. The first-order valence-corrected chi connectivity index (χ1v) is 7.45. The van der Waals surface area contributed by atoms with Crippen LogP contribution in [-0.4, -0.2) is 32.3 Å². The number of hydrogen-bond acceptors (Lipinski definition) is 4. The van der Waals surface area contributed by atoms with Crippen LogP contribution in [-0.2, 0) is 14.3 Å². The number of aryl methyl sites for hydroxylation is 1. The monoisotopic (exact) mass is 294 g/mol. The van der Waals surface area contributed by atoms with E-state index in [0.717, 1.165) is 30.7 Å². The molecule has 3 N–H and O–H groups in total. The molecule has 21 heavy (non-hydrogen) atoms. The fourth-order valence-electron chi connectivity index (χ4n) is 1.72. The van der Waals surface area contributed by atoms with Crippen molar-refractivity contribution in [3.8, 4) is 0 Å². The summed E-state index contributed by atoms with van der Waals surface area (Å²) in [5, 5.41) is 2.84. The van der Waals surface area contributed by atoms with Crippen LogP contribution < -0.4 is 11.1 Å². The zero-order valence-corrected chi connectivity index (χ0v) is 13.0. The summed E-state index contributed by atoms with van der Waals surface area (Å²) in [4.78, 5) is 11.8. The van der Waals surface area contributed by atoms with Gasteiger partial charge in [0, 0.05) is 18.0 Å². The molecule has 0 spiro atoms. The lowest BCUT2D eigenvalue weighted by Gasteiger charge is -2.09. The highest BCUT2D eigenvalue weighted by atomic mass is 16.5. The van der Waals surface area contributed by atoms with Crippen molar-refractivity contribution in [1.29, 1.82) is 0 Å². The average Bonchev–Trinajstić information content (AvgIpc) is 2.46. The van der Waals surface area contributed by atoms with Crippen molar-refractivity contribution in [2.24, 2.45) is 0 Å². The summed E-state index contributed by atoms with van der Waals surface area (Å²) in [5.41, 5.74) is 8.08. The minimum Gasteiger partial charge on any atom is -0.399 e. The lowest BCUT2D eigenvalue weighted by Crippen LogP contribution is -2.16. The predicted octanol–water partition coefficient (Wildman–Crippen LogP) is 2.74. The van der Waals surface area contributed by atoms with E-state index in [0.29, 0.717) is 31.9 Å². The quantitative estimate of drug-likeness (QED) is 0.514. The maximum Gasteiger partial charge on any atom is 0.226 e. The Hall–Kier alpha value is -1.59. The molecule has 0 bridgehead atoms. The number of benzene rings is 1. The van der Waals surface area contributed by atoms with Gasteiger partial charge in [-0.3, -0.25) is 4.79 Å². The Bertz CT molecular complexity index is 436. The first-order valence-electron chi connectivity index (χ1n) is 7.45. The van der Waals surface area contributed by atoms with E-state index in [2.05, 4.69) is 12.2 Å². The van der Waals surface area contributed by atoms with Crippen LogP contribution in [0.25, 0.3) is 0 Å². The van der Waals surface area contributed by atoms with Gasteiger partial charge in [0.2, 0.25) is 5.91 Å². The molecular formula is C16H26N2O3. The van der Waals surface area contributed by atoms with E-state index < -0.39 is 0 Å². The third-order valence-corrected chi connectivity index (χ3v) is 3.02. The van der Waals surface area contributed by atoms with Crippen LogP contribution in [0.15, 0.2) is 18.2 Å². The van der Waals surface area contributed by atoms with Crippen molar-refractivity contribution in [2.75, 3.05) is 37.5 Å². The molecule has 0 aliphatic carbocycles. The highest BCUT2D eigenvalue weighted by molar-refractivity contribution is 5.92. The van der Waals surface area contributed by atoms with Gasteiger partial charge in [0.05, 0.1) is 26.2 Å². The average molecular weight is 294 g/mol. The fourth-order valence-corrected chi connectivity index (χ4v) is 1.72. The maximum atomic E-state index is 11.8. The molecule has 0 saturated carbocycles. The highest BCUT2D eigenvalue weighted by Gasteiger charge is 2.05. The summed E-state index contributed by atoms with van der Waals surface area (Å²) in [6.07, 6.45) is 2.52.